The molecule has 13 nitrogen and oxygen atoms in total. The Bertz CT molecular complexity index is 839. The summed E-state index contributed by atoms with van der Waals surface area (Å²) >= 11 is 0. The van der Waals surface area contributed by atoms with Crippen LogP contribution < -0.4 is 22.1 Å². The molecule has 2 fully saturated rings. The Hall–Kier alpha value is -3.48. The van der Waals surface area contributed by atoms with Crippen molar-refractivity contribution in [1.29, 1.82) is 0 Å². The third kappa shape index (κ3) is 4.99. The maximum absolute atomic E-state index is 13.2. The van der Waals surface area contributed by atoms with E-state index in [1.807, 2.05) is 0 Å². The van der Waals surface area contributed by atoms with E-state index in [1.54, 1.807) is 0 Å². The predicted octanol–water partition coefficient (Wildman–Crippen LogP) is -2.82. The lowest BCUT2D eigenvalue weighted by molar-refractivity contribution is -0.141. The van der Waals surface area contributed by atoms with Gasteiger partial charge < -0.3 is 32.0 Å². The molecule has 0 unspecified atom stereocenters. The maximum Gasteiger partial charge on any atom is 0.324 e. The van der Waals surface area contributed by atoms with Crippen LogP contribution in [0.15, 0.2) is 12.5 Å². The Kier molecular flexibility index (Phi) is 6.84. The van der Waals surface area contributed by atoms with Crippen molar-refractivity contribution >= 4 is 29.7 Å². The van der Waals surface area contributed by atoms with Crippen LogP contribution in [0.1, 0.15) is 25.0 Å². The van der Waals surface area contributed by atoms with Crippen LogP contribution >= 0.6 is 0 Å². The second-order valence-corrected chi connectivity index (χ2v) is 7.47. The molecule has 6 amide bonds. The predicted molar refractivity (Wildman–Crippen MR) is 106 cm³/mol. The number of nitrogens with two attached hydrogens (primary N) is 2. The molecule has 168 valence electrons. The highest BCUT2D eigenvalue weighted by Crippen LogP contribution is 2.19. The van der Waals surface area contributed by atoms with E-state index in [1.165, 1.54) is 17.4 Å². The van der Waals surface area contributed by atoms with Crippen LogP contribution in [0.4, 0.5) is 4.79 Å². The van der Waals surface area contributed by atoms with Gasteiger partial charge in [0.2, 0.25) is 23.6 Å². The van der Waals surface area contributed by atoms with Crippen LogP contribution in [0.25, 0.3) is 0 Å². The molecule has 3 heterocycles. The topological polar surface area (TPSA) is 197 Å². The van der Waals surface area contributed by atoms with Gasteiger partial charge in [0, 0.05) is 37.9 Å². The van der Waals surface area contributed by atoms with E-state index < -0.39 is 47.8 Å². The zero-order chi connectivity index (χ0) is 22.5. The molecule has 0 spiro atoms. The van der Waals surface area contributed by atoms with Crippen LogP contribution in [-0.2, 0) is 25.6 Å². The van der Waals surface area contributed by atoms with E-state index in [2.05, 4.69) is 20.6 Å². The number of H-pyrrole nitrogens is 1. The highest BCUT2D eigenvalue weighted by atomic mass is 16.2. The van der Waals surface area contributed by atoms with Crippen LogP contribution in [-0.4, -0.2) is 87.2 Å². The minimum atomic E-state index is -1.13. The highest BCUT2D eigenvalue weighted by molar-refractivity contribution is 6.03. The van der Waals surface area contributed by atoms with Gasteiger partial charge in [0.05, 0.1) is 12.7 Å². The van der Waals surface area contributed by atoms with Gasteiger partial charge in [0.1, 0.15) is 18.1 Å². The van der Waals surface area contributed by atoms with Crippen molar-refractivity contribution in [3.05, 3.63) is 18.2 Å². The molecule has 2 aliphatic heterocycles. The zero-order valence-electron chi connectivity index (χ0n) is 16.9. The second-order valence-electron chi connectivity index (χ2n) is 7.47. The number of hydrogen-bond acceptors (Lipinski definition) is 7. The van der Waals surface area contributed by atoms with E-state index in [0.717, 1.165) is 4.90 Å². The molecule has 13 heteroatoms. The van der Waals surface area contributed by atoms with Gasteiger partial charge in [-0.15, -0.1) is 0 Å². The number of primary amides is 1. The van der Waals surface area contributed by atoms with Gasteiger partial charge in [-0.1, -0.05) is 0 Å². The van der Waals surface area contributed by atoms with Crippen LogP contribution in [0, 0.1) is 0 Å². The first-order chi connectivity index (χ1) is 14.8. The van der Waals surface area contributed by atoms with Crippen molar-refractivity contribution in [2.45, 2.75) is 43.8 Å². The minimum Gasteiger partial charge on any atom is -0.368 e. The summed E-state index contributed by atoms with van der Waals surface area (Å²) in [6.07, 6.45) is 3.85. The minimum absolute atomic E-state index is 0.0450. The largest absolute Gasteiger partial charge is 0.368 e. The Morgan fingerprint density at radius 1 is 1.32 bits per heavy atom. The molecule has 3 rings (SSSR count). The van der Waals surface area contributed by atoms with E-state index >= 15 is 0 Å². The van der Waals surface area contributed by atoms with E-state index in [9.17, 15) is 24.0 Å². The second kappa shape index (κ2) is 9.55. The average Bonchev–Trinajstić information content (AvgIpc) is 3.41. The summed E-state index contributed by atoms with van der Waals surface area (Å²) in [7, 11) is 0. The molecule has 0 aliphatic carbocycles. The molecule has 0 saturated carbocycles. The molecular formula is C18H26N8O5. The fourth-order valence-electron chi connectivity index (χ4n) is 3.80. The monoisotopic (exact) mass is 434 g/mol. The fraction of sp³-hybridized carbons (Fsp3) is 0.556. The van der Waals surface area contributed by atoms with Crippen molar-refractivity contribution in [3.8, 4) is 0 Å². The number of urea groups is 1. The lowest BCUT2D eigenvalue weighted by Gasteiger charge is -2.32. The number of nitrogens with zero attached hydrogens (tertiary/aromatic N) is 3. The van der Waals surface area contributed by atoms with Crippen molar-refractivity contribution in [2.75, 3.05) is 19.6 Å². The number of nitrogens with one attached hydrogen (secondary N) is 3. The number of aromatic amines is 1. The quantitative estimate of drug-likeness (QED) is 0.291. The lowest BCUT2D eigenvalue weighted by atomic mass is 10.1. The van der Waals surface area contributed by atoms with Crippen LogP contribution in [0.5, 0.6) is 0 Å². The third-order valence-electron chi connectivity index (χ3n) is 5.35. The standard InChI is InChI=1S/C18H26N8O5/c19-3-5-26-14(27)7-11(24-18(26)31)16(29)23-12(6-10-8-21-9-22-10)17(30)25-4-1-2-13(25)15(20)28/h8-9,11-13H,1-7,19H2,(H2,20,28)(H,21,22)(H,23,29)(H,24,31)/t11-,12+,13+/m1/s1. The van der Waals surface area contributed by atoms with Gasteiger partial charge in [-0.2, -0.15) is 0 Å². The number of imide groups is 1. The van der Waals surface area contributed by atoms with Crippen LogP contribution in [0.3, 0.4) is 0 Å². The number of amides is 6. The van der Waals surface area contributed by atoms with Gasteiger partial charge >= 0.3 is 6.03 Å². The summed E-state index contributed by atoms with van der Waals surface area (Å²) in [5.41, 5.74) is 11.4. The summed E-state index contributed by atoms with van der Waals surface area (Å²) in [5.74, 6) is -2.29. The Balaban J connectivity index is 1.73. The van der Waals surface area contributed by atoms with E-state index in [4.69, 9.17) is 11.5 Å². The third-order valence-corrected chi connectivity index (χ3v) is 5.35. The molecule has 31 heavy (non-hydrogen) atoms. The fourth-order valence-corrected chi connectivity index (χ4v) is 3.80. The molecular weight excluding hydrogens is 408 g/mol. The number of likely N-dealkylation sites (tertiary alicyclic amines) is 1. The van der Waals surface area contributed by atoms with Gasteiger partial charge in [-0.25, -0.2) is 9.78 Å². The summed E-state index contributed by atoms with van der Waals surface area (Å²) in [6, 6.07) is -3.63. The first-order valence-corrected chi connectivity index (χ1v) is 10.00. The zero-order valence-corrected chi connectivity index (χ0v) is 16.9. The molecule has 0 radical (unpaired) electrons. The Labute approximate surface area is 177 Å². The van der Waals surface area contributed by atoms with Gasteiger partial charge in [-0.05, 0) is 12.8 Å². The van der Waals surface area contributed by atoms with Gasteiger partial charge in [0.15, 0.2) is 0 Å². The number of rotatable bonds is 8. The molecule has 7 N–H and O–H groups in total. The lowest BCUT2D eigenvalue weighted by Crippen LogP contribution is -2.62. The van der Waals surface area contributed by atoms with Crippen molar-refractivity contribution < 1.29 is 24.0 Å². The normalized spacial score (nSPS) is 22.2. The SMILES string of the molecule is NCCN1C(=O)C[C@H](C(=O)N[C@@H](Cc2cnc[nH]2)C(=O)N2CCC[C@H]2C(N)=O)NC1=O. The highest BCUT2D eigenvalue weighted by Gasteiger charge is 2.39. The first kappa shape index (κ1) is 22.2. The van der Waals surface area contributed by atoms with Crippen molar-refractivity contribution in [2.24, 2.45) is 11.5 Å². The number of imidazole rings is 1. The molecule has 0 aromatic carbocycles. The molecule has 0 bridgehead atoms. The molecule has 1 aromatic rings. The summed E-state index contributed by atoms with van der Waals surface area (Å²) in [5, 5.41) is 5.07. The number of carbonyl (C=O) groups excluding carboxylic acids is 5. The van der Waals surface area contributed by atoms with Gasteiger partial charge in [0.25, 0.3) is 0 Å². The molecule has 2 aliphatic rings. The molecule has 2 saturated heterocycles. The smallest absolute Gasteiger partial charge is 0.324 e. The summed E-state index contributed by atoms with van der Waals surface area (Å²) < 4.78 is 0. The first-order valence-electron chi connectivity index (χ1n) is 10.00. The van der Waals surface area contributed by atoms with Crippen molar-refractivity contribution in [3.63, 3.8) is 0 Å². The maximum atomic E-state index is 13.2. The number of aromatic nitrogens is 2. The van der Waals surface area contributed by atoms with Crippen molar-refractivity contribution in [1.82, 2.24) is 30.4 Å². The van der Waals surface area contributed by atoms with E-state index in [-0.39, 0.29) is 25.9 Å². The number of hydrogen-bond donors (Lipinski definition) is 5. The average molecular weight is 434 g/mol. The molecule has 3 atom stereocenters. The van der Waals surface area contributed by atoms with Crippen LogP contribution in [0.2, 0.25) is 0 Å². The summed E-state index contributed by atoms with van der Waals surface area (Å²) in [4.78, 5) is 71.1. The summed E-state index contributed by atoms with van der Waals surface area (Å²) in [6.45, 7) is 0.492. The number of carbonyl (C=O) groups is 5. The Morgan fingerprint density at radius 2 is 2.10 bits per heavy atom. The molecule has 1 aromatic heterocycles. The van der Waals surface area contributed by atoms with Gasteiger partial charge in [-0.3, -0.25) is 24.1 Å². The Morgan fingerprint density at radius 3 is 2.71 bits per heavy atom. The van der Waals surface area contributed by atoms with E-state index in [0.29, 0.717) is 25.1 Å².